The van der Waals surface area contributed by atoms with E-state index in [1.165, 1.54) is 0 Å². The second kappa shape index (κ2) is 6.64. The van der Waals surface area contributed by atoms with Crippen LogP contribution in [-0.4, -0.2) is 24.4 Å². The SMILES string of the molecule is COc1cc2nccc(Oc3ccc(NO)cc3C)c2cc1OC. The molecule has 0 bridgehead atoms. The predicted molar refractivity (Wildman–Crippen MR) is 91.5 cm³/mol. The van der Waals surface area contributed by atoms with Crippen LogP contribution in [0.4, 0.5) is 5.69 Å². The van der Waals surface area contributed by atoms with Crippen LogP contribution in [0.25, 0.3) is 10.9 Å². The van der Waals surface area contributed by atoms with Crippen molar-refractivity contribution in [3.8, 4) is 23.0 Å². The van der Waals surface area contributed by atoms with E-state index in [0.717, 1.165) is 16.5 Å². The minimum Gasteiger partial charge on any atom is -0.493 e. The van der Waals surface area contributed by atoms with Gasteiger partial charge in [-0.2, -0.15) is 0 Å². The lowest BCUT2D eigenvalue weighted by atomic mass is 10.1. The first-order chi connectivity index (χ1) is 11.7. The smallest absolute Gasteiger partial charge is 0.162 e. The Morgan fingerprint density at radius 1 is 0.917 bits per heavy atom. The number of methoxy groups -OCH3 is 2. The van der Waals surface area contributed by atoms with Crippen molar-refractivity contribution in [2.75, 3.05) is 19.7 Å². The van der Waals surface area contributed by atoms with Crippen LogP contribution in [0.15, 0.2) is 42.6 Å². The molecule has 3 aromatic rings. The monoisotopic (exact) mass is 326 g/mol. The Balaban J connectivity index is 2.06. The Labute approximate surface area is 139 Å². The van der Waals surface area contributed by atoms with Crippen molar-refractivity contribution in [3.05, 3.63) is 48.2 Å². The molecule has 0 radical (unpaired) electrons. The van der Waals surface area contributed by atoms with Crippen molar-refractivity contribution >= 4 is 16.6 Å². The number of ether oxygens (including phenoxy) is 3. The first kappa shape index (κ1) is 15.9. The largest absolute Gasteiger partial charge is 0.493 e. The van der Waals surface area contributed by atoms with Crippen molar-refractivity contribution in [2.45, 2.75) is 6.92 Å². The third kappa shape index (κ3) is 2.91. The summed E-state index contributed by atoms with van der Waals surface area (Å²) in [4.78, 5) is 4.36. The van der Waals surface area contributed by atoms with Crippen molar-refractivity contribution in [3.63, 3.8) is 0 Å². The Hall–Kier alpha value is -2.99. The second-order valence-electron chi connectivity index (χ2n) is 5.23. The number of aromatic nitrogens is 1. The topological polar surface area (TPSA) is 72.8 Å². The van der Waals surface area contributed by atoms with E-state index in [4.69, 9.17) is 19.4 Å². The summed E-state index contributed by atoms with van der Waals surface area (Å²) >= 11 is 0. The van der Waals surface area contributed by atoms with E-state index in [-0.39, 0.29) is 0 Å². The van der Waals surface area contributed by atoms with Crippen molar-refractivity contribution in [1.82, 2.24) is 4.98 Å². The van der Waals surface area contributed by atoms with E-state index in [0.29, 0.717) is 28.7 Å². The summed E-state index contributed by atoms with van der Waals surface area (Å²) in [7, 11) is 3.18. The van der Waals surface area contributed by atoms with Gasteiger partial charge in [0.2, 0.25) is 0 Å². The highest BCUT2D eigenvalue weighted by Gasteiger charge is 2.12. The highest BCUT2D eigenvalue weighted by atomic mass is 16.5. The van der Waals surface area contributed by atoms with Crippen molar-refractivity contribution < 1.29 is 19.4 Å². The van der Waals surface area contributed by atoms with Gasteiger partial charge in [0.1, 0.15) is 11.5 Å². The zero-order valence-corrected chi connectivity index (χ0v) is 13.7. The zero-order chi connectivity index (χ0) is 17.1. The fourth-order valence-electron chi connectivity index (χ4n) is 2.49. The van der Waals surface area contributed by atoms with E-state index in [2.05, 4.69) is 10.5 Å². The third-order valence-electron chi connectivity index (χ3n) is 3.73. The molecule has 2 aromatic carbocycles. The summed E-state index contributed by atoms with van der Waals surface area (Å²) in [5.74, 6) is 2.58. The molecule has 0 unspecified atom stereocenters. The maximum Gasteiger partial charge on any atom is 0.162 e. The summed E-state index contributed by atoms with van der Waals surface area (Å²) in [6.45, 7) is 1.91. The lowest BCUT2D eigenvalue weighted by molar-refractivity contribution is 0.355. The molecular formula is C18H18N2O4. The van der Waals surface area contributed by atoms with Crippen LogP contribution in [0.2, 0.25) is 0 Å². The van der Waals surface area contributed by atoms with Gasteiger partial charge in [-0.1, -0.05) is 0 Å². The Morgan fingerprint density at radius 3 is 2.33 bits per heavy atom. The van der Waals surface area contributed by atoms with Crippen LogP contribution >= 0.6 is 0 Å². The summed E-state index contributed by atoms with van der Waals surface area (Å²) in [5, 5.41) is 9.78. The molecule has 0 aliphatic carbocycles. The summed E-state index contributed by atoms with van der Waals surface area (Å²) in [5.41, 5.74) is 4.36. The Morgan fingerprint density at radius 2 is 1.67 bits per heavy atom. The predicted octanol–water partition coefficient (Wildman–Crippen LogP) is 4.15. The number of aryl methyl sites for hydroxylation is 1. The van der Waals surface area contributed by atoms with Gasteiger partial charge in [-0.3, -0.25) is 15.7 Å². The van der Waals surface area contributed by atoms with Gasteiger partial charge in [0, 0.05) is 17.6 Å². The molecule has 0 aliphatic rings. The van der Waals surface area contributed by atoms with E-state index < -0.39 is 0 Å². The van der Waals surface area contributed by atoms with Crippen LogP contribution in [0, 0.1) is 6.92 Å². The van der Waals surface area contributed by atoms with Crippen LogP contribution in [0.5, 0.6) is 23.0 Å². The fraction of sp³-hybridized carbons (Fsp3) is 0.167. The normalized spacial score (nSPS) is 10.5. The molecule has 0 saturated heterocycles. The van der Waals surface area contributed by atoms with Gasteiger partial charge < -0.3 is 14.2 Å². The number of fused-ring (bicyclic) bond motifs is 1. The number of nitrogens with one attached hydrogen (secondary N) is 1. The average molecular weight is 326 g/mol. The minimum absolute atomic E-state index is 0.603. The number of pyridine rings is 1. The van der Waals surface area contributed by atoms with E-state index in [1.54, 1.807) is 44.7 Å². The highest BCUT2D eigenvalue weighted by molar-refractivity contribution is 5.88. The number of hydrogen-bond acceptors (Lipinski definition) is 6. The molecular weight excluding hydrogens is 308 g/mol. The first-order valence-electron chi connectivity index (χ1n) is 7.35. The standard InChI is InChI=1S/C18H18N2O4/c1-11-8-12(20-21)4-5-15(11)24-16-6-7-19-14-10-18(23-3)17(22-2)9-13(14)16/h4-10,20-21H,1-3H3. The first-order valence-corrected chi connectivity index (χ1v) is 7.35. The Bertz CT molecular complexity index is 880. The fourth-order valence-corrected chi connectivity index (χ4v) is 2.49. The van der Waals surface area contributed by atoms with Gasteiger partial charge in [-0.05, 0) is 42.8 Å². The highest BCUT2D eigenvalue weighted by Crippen LogP contribution is 2.37. The van der Waals surface area contributed by atoms with Crippen molar-refractivity contribution in [1.29, 1.82) is 0 Å². The minimum atomic E-state index is 0.603. The lowest BCUT2D eigenvalue weighted by Crippen LogP contribution is -1.95. The van der Waals surface area contributed by atoms with Crippen molar-refractivity contribution in [2.24, 2.45) is 0 Å². The average Bonchev–Trinajstić information content (AvgIpc) is 2.62. The molecule has 6 heteroatoms. The number of anilines is 1. The molecule has 0 spiro atoms. The van der Waals surface area contributed by atoms with Gasteiger partial charge >= 0.3 is 0 Å². The molecule has 0 amide bonds. The quantitative estimate of drug-likeness (QED) is 0.686. The summed E-state index contributed by atoms with van der Waals surface area (Å²) < 4.78 is 16.7. The number of benzene rings is 2. The third-order valence-corrected chi connectivity index (χ3v) is 3.73. The maximum atomic E-state index is 8.97. The van der Waals surface area contributed by atoms with Gasteiger partial charge in [-0.15, -0.1) is 0 Å². The molecule has 0 aliphatic heterocycles. The molecule has 24 heavy (non-hydrogen) atoms. The van der Waals surface area contributed by atoms with E-state index in [9.17, 15) is 0 Å². The zero-order valence-electron chi connectivity index (χ0n) is 13.7. The summed E-state index contributed by atoms with van der Waals surface area (Å²) in [6, 6.07) is 10.8. The van der Waals surface area contributed by atoms with Crippen LogP contribution in [0.3, 0.4) is 0 Å². The van der Waals surface area contributed by atoms with E-state index >= 15 is 0 Å². The molecule has 0 saturated carbocycles. The Kier molecular flexibility index (Phi) is 4.39. The van der Waals surface area contributed by atoms with Crippen LogP contribution in [-0.2, 0) is 0 Å². The number of nitrogens with zero attached hydrogens (tertiary/aromatic N) is 1. The summed E-state index contributed by atoms with van der Waals surface area (Å²) in [6.07, 6.45) is 1.68. The van der Waals surface area contributed by atoms with Gasteiger partial charge in [0.25, 0.3) is 0 Å². The number of hydrogen-bond donors (Lipinski definition) is 2. The molecule has 3 rings (SSSR count). The van der Waals surface area contributed by atoms with Crippen LogP contribution < -0.4 is 19.7 Å². The van der Waals surface area contributed by atoms with Gasteiger partial charge in [-0.25, -0.2) is 0 Å². The second-order valence-corrected chi connectivity index (χ2v) is 5.23. The molecule has 1 aromatic heterocycles. The van der Waals surface area contributed by atoms with E-state index in [1.807, 2.05) is 19.1 Å². The molecule has 1 heterocycles. The molecule has 6 nitrogen and oxygen atoms in total. The maximum absolute atomic E-state index is 8.97. The number of rotatable bonds is 5. The van der Waals surface area contributed by atoms with Gasteiger partial charge in [0.15, 0.2) is 11.5 Å². The van der Waals surface area contributed by atoms with Crippen LogP contribution in [0.1, 0.15) is 5.56 Å². The lowest BCUT2D eigenvalue weighted by Gasteiger charge is -2.14. The molecule has 0 atom stereocenters. The molecule has 0 fully saturated rings. The van der Waals surface area contributed by atoms with Gasteiger partial charge in [0.05, 0.1) is 25.4 Å². The molecule has 2 N–H and O–H groups in total. The molecule has 124 valence electrons.